The molecule has 0 saturated carbocycles. The van der Waals surface area contributed by atoms with Gasteiger partial charge in [0.2, 0.25) is 5.91 Å². The van der Waals surface area contributed by atoms with Crippen molar-refractivity contribution >= 4 is 29.2 Å². The van der Waals surface area contributed by atoms with E-state index in [1.165, 1.54) is 6.33 Å². The number of carboxylic acid groups (broad SMARTS) is 1. The van der Waals surface area contributed by atoms with E-state index >= 15 is 0 Å². The zero-order chi connectivity index (χ0) is 23.2. The lowest BCUT2D eigenvalue weighted by Crippen LogP contribution is -2.38. The highest BCUT2D eigenvalue weighted by Gasteiger charge is 2.27. The van der Waals surface area contributed by atoms with Crippen molar-refractivity contribution in [2.24, 2.45) is 5.92 Å². The van der Waals surface area contributed by atoms with Gasteiger partial charge in [0, 0.05) is 13.1 Å². The standard InChI is InChI=1S/C24H26N6O3/c25-20-21(26-15-27-22(20)30-13-11-18(12-14-30)24(32)33)28-29-23(31)19(16-7-3-1-4-8-16)17-9-5-2-6-10-17/h1-10,15,18-19H,11-14,25H2,(H,29,31)(H,32,33)(H,26,27,28). The Morgan fingerprint density at radius 3 is 2.09 bits per heavy atom. The van der Waals surface area contributed by atoms with Gasteiger partial charge < -0.3 is 15.7 Å². The molecule has 0 unspecified atom stereocenters. The third-order valence-electron chi connectivity index (χ3n) is 5.84. The van der Waals surface area contributed by atoms with E-state index in [0.717, 1.165) is 11.1 Å². The summed E-state index contributed by atoms with van der Waals surface area (Å²) in [4.78, 5) is 34.8. The van der Waals surface area contributed by atoms with Gasteiger partial charge in [0.25, 0.3) is 0 Å². The van der Waals surface area contributed by atoms with E-state index in [1.807, 2.05) is 65.6 Å². The molecule has 1 saturated heterocycles. The molecule has 1 fully saturated rings. The van der Waals surface area contributed by atoms with Crippen molar-refractivity contribution in [2.45, 2.75) is 18.8 Å². The lowest BCUT2D eigenvalue weighted by molar-refractivity contribution is -0.142. The summed E-state index contributed by atoms with van der Waals surface area (Å²) < 4.78 is 0. The molecule has 0 aliphatic carbocycles. The van der Waals surface area contributed by atoms with Crippen LogP contribution in [0.3, 0.4) is 0 Å². The van der Waals surface area contributed by atoms with E-state index in [1.54, 1.807) is 0 Å². The largest absolute Gasteiger partial charge is 0.481 e. The Bertz CT molecular complexity index is 1060. The lowest BCUT2D eigenvalue weighted by atomic mass is 9.91. The summed E-state index contributed by atoms with van der Waals surface area (Å²) >= 11 is 0. The van der Waals surface area contributed by atoms with Crippen LogP contribution in [-0.2, 0) is 9.59 Å². The molecule has 0 spiro atoms. The van der Waals surface area contributed by atoms with Gasteiger partial charge in [0.1, 0.15) is 12.0 Å². The maximum absolute atomic E-state index is 13.2. The molecule has 1 aliphatic heterocycles. The molecule has 5 N–H and O–H groups in total. The number of carbonyl (C=O) groups excluding carboxylic acids is 1. The molecule has 2 aromatic carbocycles. The van der Waals surface area contributed by atoms with Gasteiger partial charge in [-0.1, -0.05) is 60.7 Å². The molecule has 0 bridgehead atoms. The second-order valence-corrected chi connectivity index (χ2v) is 7.93. The Hall–Kier alpha value is -4.14. The summed E-state index contributed by atoms with van der Waals surface area (Å²) in [7, 11) is 0. The van der Waals surface area contributed by atoms with Crippen molar-refractivity contribution in [3.8, 4) is 0 Å². The SMILES string of the molecule is Nc1c(NNC(=O)C(c2ccccc2)c2ccccc2)ncnc1N1CCC(C(=O)O)CC1. The summed E-state index contributed by atoms with van der Waals surface area (Å²) in [5.41, 5.74) is 13.9. The minimum absolute atomic E-state index is 0.255. The molecule has 3 aromatic rings. The lowest BCUT2D eigenvalue weighted by Gasteiger charge is -2.31. The summed E-state index contributed by atoms with van der Waals surface area (Å²) in [6, 6.07) is 19.0. The van der Waals surface area contributed by atoms with E-state index in [0.29, 0.717) is 37.4 Å². The number of aliphatic carboxylic acids is 1. The Kier molecular flexibility index (Phi) is 6.68. The van der Waals surface area contributed by atoms with E-state index in [-0.39, 0.29) is 17.6 Å². The maximum Gasteiger partial charge on any atom is 0.306 e. The molecule has 33 heavy (non-hydrogen) atoms. The van der Waals surface area contributed by atoms with Gasteiger partial charge in [0.05, 0.1) is 11.8 Å². The molecular weight excluding hydrogens is 420 g/mol. The van der Waals surface area contributed by atoms with Gasteiger partial charge in [-0.05, 0) is 24.0 Å². The van der Waals surface area contributed by atoms with Crippen molar-refractivity contribution in [2.75, 3.05) is 29.1 Å². The predicted octanol–water partition coefficient (Wildman–Crippen LogP) is 2.63. The smallest absolute Gasteiger partial charge is 0.306 e. The van der Waals surface area contributed by atoms with Gasteiger partial charge in [-0.25, -0.2) is 9.97 Å². The molecule has 4 rings (SSSR count). The quantitative estimate of drug-likeness (QED) is 0.407. The number of anilines is 3. The number of nitrogens with one attached hydrogen (secondary N) is 2. The van der Waals surface area contributed by atoms with Crippen LogP contribution in [0.2, 0.25) is 0 Å². The fraction of sp³-hybridized carbons (Fsp3) is 0.250. The number of nitrogens with two attached hydrogens (primary N) is 1. The first-order valence-electron chi connectivity index (χ1n) is 10.8. The monoisotopic (exact) mass is 446 g/mol. The van der Waals surface area contributed by atoms with E-state index in [2.05, 4.69) is 20.8 Å². The summed E-state index contributed by atoms with van der Waals surface area (Å²) in [5.74, 6) is -1.09. The van der Waals surface area contributed by atoms with E-state index < -0.39 is 11.9 Å². The van der Waals surface area contributed by atoms with Crippen LogP contribution in [0.15, 0.2) is 67.0 Å². The minimum atomic E-state index is -0.776. The maximum atomic E-state index is 13.2. The van der Waals surface area contributed by atoms with Crippen LogP contribution in [0, 0.1) is 5.92 Å². The first-order valence-corrected chi connectivity index (χ1v) is 10.8. The topological polar surface area (TPSA) is 133 Å². The van der Waals surface area contributed by atoms with Crippen LogP contribution < -0.4 is 21.5 Å². The second-order valence-electron chi connectivity index (χ2n) is 7.93. The first-order chi connectivity index (χ1) is 16.0. The summed E-state index contributed by atoms with van der Waals surface area (Å²) in [5, 5.41) is 9.21. The predicted molar refractivity (Wildman–Crippen MR) is 126 cm³/mol. The van der Waals surface area contributed by atoms with Crippen LogP contribution in [0.25, 0.3) is 0 Å². The second kappa shape index (κ2) is 9.99. The molecule has 1 amide bonds. The normalized spacial score (nSPS) is 14.2. The van der Waals surface area contributed by atoms with Gasteiger partial charge in [0.15, 0.2) is 11.6 Å². The fourth-order valence-corrected chi connectivity index (χ4v) is 4.06. The zero-order valence-corrected chi connectivity index (χ0v) is 18.0. The van der Waals surface area contributed by atoms with Crippen LogP contribution >= 0.6 is 0 Å². The number of amides is 1. The number of carbonyl (C=O) groups is 2. The Labute approximate surface area is 191 Å². The number of hydrazine groups is 1. The number of aromatic nitrogens is 2. The highest BCUT2D eigenvalue weighted by molar-refractivity contribution is 5.88. The van der Waals surface area contributed by atoms with Gasteiger partial charge in [-0.2, -0.15) is 0 Å². The summed E-state index contributed by atoms with van der Waals surface area (Å²) in [6.45, 7) is 1.07. The number of hydrogen-bond acceptors (Lipinski definition) is 7. The summed E-state index contributed by atoms with van der Waals surface area (Å²) in [6.07, 6.45) is 2.41. The van der Waals surface area contributed by atoms with Crippen LogP contribution in [-0.4, -0.2) is 40.0 Å². The highest BCUT2D eigenvalue weighted by atomic mass is 16.4. The van der Waals surface area contributed by atoms with Gasteiger partial charge in [-0.3, -0.25) is 20.4 Å². The number of piperidine rings is 1. The number of carboxylic acids is 1. The van der Waals surface area contributed by atoms with Crippen molar-refractivity contribution in [3.63, 3.8) is 0 Å². The third kappa shape index (κ3) is 5.03. The number of nitrogen functional groups attached to an aromatic ring is 1. The van der Waals surface area contributed by atoms with E-state index in [4.69, 9.17) is 5.73 Å². The zero-order valence-electron chi connectivity index (χ0n) is 18.0. The minimum Gasteiger partial charge on any atom is -0.481 e. The molecule has 0 atom stereocenters. The van der Waals surface area contributed by atoms with Crippen LogP contribution in [0.5, 0.6) is 0 Å². The fourth-order valence-electron chi connectivity index (χ4n) is 4.06. The van der Waals surface area contributed by atoms with Crippen LogP contribution in [0.4, 0.5) is 17.3 Å². The Balaban J connectivity index is 1.49. The average Bonchev–Trinajstić information content (AvgIpc) is 2.85. The van der Waals surface area contributed by atoms with Crippen molar-refractivity contribution in [3.05, 3.63) is 78.1 Å². The number of rotatable bonds is 7. The molecule has 9 heteroatoms. The van der Waals surface area contributed by atoms with Gasteiger partial charge >= 0.3 is 5.97 Å². The van der Waals surface area contributed by atoms with Crippen molar-refractivity contribution in [1.29, 1.82) is 0 Å². The molecule has 1 aliphatic rings. The van der Waals surface area contributed by atoms with E-state index in [9.17, 15) is 14.7 Å². The molecule has 1 aromatic heterocycles. The third-order valence-corrected chi connectivity index (χ3v) is 5.84. The van der Waals surface area contributed by atoms with Crippen molar-refractivity contribution < 1.29 is 14.7 Å². The molecular formula is C24H26N6O3. The Morgan fingerprint density at radius 1 is 0.970 bits per heavy atom. The molecule has 170 valence electrons. The first kappa shape index (κ1) is 22.1. The number of hydrogen-bond donors (Lipinski definition) is 4. The Morgan fingerprint density at radius 2 is 1.55 bits per heavy atom. The van der Waals surface area contributed by atoms with Crippen LogP contribution in [0.1, 0.15) is 29.9 Å². The highest BCUT2D eigenvalue weighted by Crippen LogP contribution is 2.30. The number of benzene rings is 2. The molecule has 9 nitrogen and oxygen atoms in total. The van der Waals surface area contributed by atoms with Gasteiger partial charge in [-0.15, -0.1) is 0 Å². The molecule has 0 radical (unpaired) electrons. The number of nitrogens with zero attached hydrogens (tertiary/aromatic N) is 3. The van der Waals surface area contributed by atoms with Crippen molar-refractivity contribution in [1.82, 2.24) is 15.4 Å². The molecule has 2 heterocycles. The average molecular weight is 447 g/mol.